The summed E-state index contributed by atoms with van der Waals surface area (Å²) in [5.41, 5.74) is -0.0340. The van der Waals surface area contributed by atoms with Gasteiger partial charge in [-0.3, -0.25) is 4.18 Å². The number of rotatable bonds is 2. The van der Waals surface area contributed by atoms with Gasteiger partial charge in [0.1, 0.15) is 0 Å². The zero-order valence-electron chi connectivity index (χ0n) is 9.05. The predicted molar refractivity (Wildman–Crippen MR) is 55.6 cm³/mol. The van der Waals surface area contributed by atoms with Crippen molar-refractivity contribution < 1.29 is 22.5 Å². The molecule has 16 heavy (non-hydrogen) atoms. The molecule has 1 aliphatic heterocycles. The van der Waals surface area contributed by atoms with Crippen LogP contribution in [0.2, 0.25) is 0 Å². The van der Waals surface area contributed by atoms with Gasteiger partial charge >= 0.3 is 6.09 Å². The van der Waals surface area contributed by atoms with Crippen molar-refractivity contribution in [1.29, 1.82) is 0 Å². The van der Waals surface area contributed by atoms with Gasteiger partial charge in [0, 0.05) is 18.5 Å². The van der Waals surface area contributed by atoms with Crippen LogP contribution >= 0.6 is 0 Å². The molecule has 2 fully saturated rings. The summed E-state index contributed by atoms with van der Waals surface area (Å²) in [5, 5.41) is 8.73. The van der Waals surface area contributed by atoms with Crippen molar-refractivity contribution in [2.45, 2.75) is 25.4 Å². The van der Waals surface area contributed by atoms with Crippen molar-refractivity contribution in [3.63, 3.8) is 0 Å². The van der Waals surface area contributed by atoms with E-state index in [-0.39, 0.29) is 11.5 Å². The van der Waals surface area contributed by atoms with E-state index < -0.39 is 16.2 Å². The Bertz CT molecular complexity index is 398. The van der Waals surface area contributed by atoms with Gasteiger partial charge in [-0.05, 0) is 19.3 Å². The topological polar surface area (TPSA) is 83.9 Å². The van der Waals surface area contributed by atoms with Gasteiger partial charge in [-0.2, -0.15) is 8.42 Å². The highest BCUT2D eigenvalue weighted by atomic mass is 32.2. The maximum absolute atomic E-state index is 11.0. The highest BCUT2D eigenvalue weighted by Gasteiger charge is 2.50. The van der Waals surface area contributed by atoms with Crippen LogP contribution in [0.1, 0.15) is 19.3 Å². The minimum absolute atomic E-state index is 0.0340. The number of carbonyl (C=O) groups is 1. The molecule has 0 radical (unpaired) electrons. The summed E-state index contributed by atoms with van der Waals surface area (Å²) in [4.78, 5) is 12.0. The number of hydrogen-bond acceptors (Lipinski definition) is 4. The first kappa shape index (κ1) is 11.7. The smallest absolute Gasteiger partial charge is 0.407 e. The Morgan fingerprint density at radius 3 is 2.62 bits per heavy atom. The molecular formula is C9H15NO5S. The van der Waals surface area contributed by atoms with E-state index in [2.05, 4.69) is 0 Å². The van der Waals surface area contributed by atoms with Gasteiger partial charge in [0.05, 0.1) is 12.4 Å². The second kappa shape index (κ2) is 3.59. The van der Waals surface area contributed by atoms with Gasteiger partial charge in [-0.25, -0.2) is 4.79 Å². The molecule has 1 saturated carbocycles. The lowest BCUT2D eigenvalue weighted by atomic mass is 9.78. The lowest BCUT2D eigenvalue weighted by molar-refractivity contribution is 0.00832. The summed E-state index contributed by atoms with van der Waals surface area (Å²) in [6.45, 7) is 1.01. The Morgan fingerprint density at radius 1 is 1.50 bits per heavy atom. The molecular weight excluding hydrogens is 234 g/mol. The lowest BCUT2D eigenvalue weighted by Crippen LogP contribution is -2.57. The average molecular weight is 249 g/mol. The normalized spacial score (nSPS) is 28.1. The first-order chi connectivity index (χ1) is 7.30. The van der Waals surface area contributed by atoms with E-state index in [1.54, 1.807) is 0 Å². The molecule has 1 amide bonds. The quantitative estimate of drug-likeness (QED) is 0.720. The van der Waals surface area contributed by atoms with Crippen LogP contribution in [0.5, 0.6) is 0 Å². The molecule has 0 bridgehead atoms. The van der Waals surface area contributed by atoms with Crippen molar-refractivity contribution in [3.05, 3.63) is 0 Å². The summed E-state index contributed by atoms with van der Waals surface area (Å²) in [5.74, 6) is 0. The third-order valence-electron chi connectivity index (χ3n) is 3.29. The fourth-order valence-corrected chi connectivity index (χ4v) is 3.33. The van der Waals surface area contributed by atoms with Crippen molar-refractivity contribution in [1.82, 2.24) is 4.90 Å². The van der Waals surface area contributed by atoms with Gasteiger partial charge in [0.15, 0.2) is 0 Å². The van der Waals surface area contributed by atoms with E-state index >= 15 is 0 Å². The molecule has 1 spiro atoms. The Kier molecular flexibility index (Phi) is 2.62. The van der Waals surface area contributed by atoms with Crippen molar-refractivity contribution in [2.75, 3.05) is 19.3 Å². The van der Waals surface area contributed by atoms with Crippen LogP contribution in [0.4, 0.5) is 4.79 Å². The number of amides is 1. The van der Waals surface area contributed by atoms with Gasteiger partial charge < -0.3 is 10.0 Å². The lowest BCUT2D eigenvalue weighted by Gasteiger charge is -2.46. The molecule has 0 aromatic carbocycles. The van der Waals surface area contributed by atoms with E-state index in [1.165, 1.54) is 4.90 Å². The molecule has 0 aromatic heterocycles. The van der Waals surface area contributed by atoms with Gasteiger partial charge in [-0.1, -0.05) is 0 Å². The molecule has 1 atom stereocenters. The van der Waals surface area contributed by atoms with E-state index in [0.29, 0.717) is 25.9 Å². The third-order valence-corrected chi connectivity index (χ3v) is 3.91. The van der Waals surface area contributed by atoms with Crippen LogP contribution in [0.3, 0.4) is 0 Å². The number of carboxylic acid groups (broad SMARTS) is 1. The molecule has 1 N–H and O–H groups in total. The zero-order chi connectivity index (χ0) is 12.0. The molecule has 2 aliphatic rings. The summed E-state index contributed by atoms with van der Waals surface area (Å²) in [6, 6.07) is 0. The second-order valence-corrected chi connectivity index (χ2v) is 6.40. The molecule has 1 saturated heterocycles. The number of hydrogen-bond donors (Lipinski definition) is 1. The first-order valence-corrected chi connectivity index (χ1v) is 6.97. The fraction of sp³-hybridized carbons (Fsp3) is 0.889. The molecule has 0 aromatic rings. The van der Waals surface area contributed by atoms with E-state index in [1.807, 2.05) is 0 Å². The number of likely N-dealkylation sites (tertiary alicyclic amines) is 1. The van der Waals surface area contributed by atoms with E-state index in [9.17, 15) is 13.2 Å². The van der Waals surface area contributed by atoms with Crippen molar-refractivity contribution in [3.8, 4) is 0 Å². The molecule has 1 heterocycles. The van der Waals surface area contributed by atoms with Crippen LogP contribution in [0.15, 0.2) is 0 Å². The van der Waals surface area contributed by atoms with Crippen LogP contribution in [-0.4, -0.2) is 50.0 Å². The maximum Gasteiger partial charge on any atom is 0.407 e. The van der Waals surface area contributed by atoms with Crippen LogP contribution in [0, 0.1) is 5.41 Å². The predicted octanol–water partition coefficient (Wildman–Crippen LogP) is 0.495. The van der Waals surface area contributed by atoms with Crippen LogP contribution in [-0.2, 0) is 14.3 Å². The van der Waals surface area contributed by atoms with Crippen LogP contribution < -0.4 is 0 Å². The Hall–Kier alpha value is -0.820. The minimum Gasteiger partial charge on any atom is -0.465 e. The molecule has 7 heteroatoms. The van der Waals surface area contributed by atoms with Crippen molar-refractivity contribution in [2.24, 2.45) is 5.41 Å². The summed E-state index contributed by atoms with van der Waals surface area (Å²) < 4.78 is 26.8. The molecule has 6 nitrogen and oxygen atoms in total. The SMILES string of the molecule is CS(=O)(=O)O[C@@H]1CCC2(C1)CN(C(=O)O)C2. The Morgan fingerprint density at radius 2 is 2.12 bits per heavy atom. The number of nitrogens with zero attached hydrogens (tertiary/aromatic N) is 1. The monoisotopic (exact) mass is 249 g/mol. The minimum atomic E-state index is -3.40. The second-order valence-electron chi connectivity index (χ2n) is 4.80. The molecule has 2 rings (SSSR count). The zero-order valence-corrected chi connectivity index (χ0v) is 9.87. The van der Waals surface area contributed by atoms with Crippen LogP contribution in [0.25, 0.3) is 0 Å². The van der Waals surface area contributed by atoms with E-state index in [4.69, 9.17) is 9.29 Å². The Labute approximate surface area is 94.3 Å². The van der Waals surface area contributed by atoms with E-state index in [0.717, 1.165) is 12.7 Å². The largest absolute Gasteiger partial charge is 0.465 e. The highest BCUT2D eigenvalue weighted by molar-refractivity contribution is 7.86. The van der Waals surface area contributed by atoms with Gasteiger partial charge in [0.2, 0.25) is 0 Å². The van der Waals surface area contributed by atoms with Gasteiger partial charge in [-0.15, -0.1) is 0 Å². The third kappa shape index (κ3) is 2.30. The average Bonchev–Trinajstić information content (AvgIpc) is 2.42. The van der Waals surface area contributed by atoms with Gasteiger partial charge in [0.25, 0.3) is 10.1 Å². The fourth-order valence-electron chi connectivity index (χ4n) is 2.67. The van der Waals surface area contributed by atoms with Crippen molar-refractivity contribution >= 4 is 16.2 Å². The Balaban J connectivity index is 1.88. The summed E-state index contributed by atoms with van der Waals surface area (Å²) in [6.07, 6.45) is 2.05. The summed E-state index contributed by atoms with van der Waals surface area (Å²) in [7, 11) is -3.40. The highest BCUT2D eigenvalue weighted by Crippen LogP contribution is 2.46. The molecule has 1 aliphatic carbocycles. The summed E-state index contributed by atoms with van der Waals surface area (Å²) >= 11 is 0. The molecule has 92 valence electrons. The standard InChI is InChI=1S/C9H15NO5S/c1-16(13,14)15-7-2-3-9(4-7)5-10(6-9)8(11)12/h7H,2-6H2,1H3,(H,11,12)/t7-/m1/s1. The molecule has 0 unspecified atom stereocenters. The first-order valence-electron chi connectivity index (χ1n) is 5.16. The maximum atomic E-state index is 11.0.